The second-order valence-corrected chi connectivity index (χ2v) is 3.57. The van der Waals surface area contributed by atoms with Gasteiger partial charge in [-0.3, -0.25) is 4.79 Å². The lowest BCUT2D eigenvalue weighted by molar-refractivity contribution is 0.111. The van der Waals surface area contributed by atoms with E-state index in [-0.39, 0.29) is 12.4 Å². The van der Waals surface area contributed by atoms with Crippen molar-refractivity contribution in [2.45, 2.75) is 6.61 Å². The minimum absolute atomic E-state index is 0.191. The molecule has 17 heavy (non-hydrogen) atoms. The fourth-order valence-electron chi connectivity index (χ4n) is 1.50. The Morgan fingerprint density at radius 2 is 1.76 bits per heavy atom. The van der Waals surface area contributed by atoms with E-state index in [1.54, 1.807) is 42.5 Å². The van der Waals surface area contributed by atoms with E-state index in [4.69, 9.17) is 4.74 Å². The molecule has 0 amide bonds. The summed E-state index contributed by atoms with van der Waals surface area (Å²) in [6, 6.07) is 13.9. The molecule has 0 radical (unpaired) electrons. The minimum atomic E-state index is 0.191. The largest absolute Gasteiger partial charge is 0.508 e. The van der Waals surface area contributed by atoms with Crippen LogP contribution < -0.4 is 4.74 Å². The molecule has 86 valence electrons. The zero-order chi connectivity index (χ0) is 12.1. The van der Waals surface area contributed by atoms with Gasteiger partial charge in [-0.2, -0.15) is 0 Å². The van der Waals surface area contributed by atoms with Crippen molar-refractivity contribution in [3.63, 3.8) is 0 Å². The zero-order valence-electron chi connectivity index (χ0n) is 9.17. The number of hydrogen-bond acceptors (Lipinski definition) is 3. The summed E-state index contributed by atoms with van der Waals surface area (Å²) in [5, 5.41) is 9.57. The lowest BCUT2D eigenvalue weighted by Crippen LogP contribution is -1.98. The van der Waals surface area contributed by atoms with E-state index < -0.39 is 0 Å². The molecule has 0 bridgehead atoms. The number of carbonyl (C=O) groups excluding carboxylic acids is 1. The maximum absolute atomic E-state index is 10.8. The molecule has 3 heteroatoms. The van der Waals surface area contributed by atoms with E-state index in [1.807, 2.05) is 6.07 Å². The van der Waals surface area contributed by atoms with Crippen molar-refractivity contribution in [2.75, 3.05) is 0 Å². The van der Waals surface area contributed by atoms with Gasteiger partial charge in [-0.25, -0.2) is 0 Å². The van der Waals surface area contributed by atoms with Gasteiger partial charge in [-0.1, -0.05) is 30.3 Å². The van der Waals surface area contributed by atoms with Gasteiger partial charge in [0.2, 0.25) is 0 Å². The summed E-state index contributed by atoms with van der Waals surface area (Å²) in [6.45, 7) is 0.234. The first kappa shape index (κ1) is 11.2. The predicted octanol–water partition coefficient (Wildman–Crippen LogP) is 2.78. The summed E-state index contributed by atoms with van der Waals surface area (Å²) < 4.78 is 5.50. The van der Waals surface area contributed by atoms with Crippen LogP contribution in [0.1, 0.15) is 15.9 Å². The van der Waals surface area contributed by atoms with Crippen molar-refractivity contribution in [2.24, 2.45) is 0 Å². The molecule has 0 heterocycles. The second kappa shape index (κ2) is 5.16. The van der Waals surface area contributed by atoms with Gasteiger partial charge in [0.05, 0.1) is 5.56 Å². The quantitative estimate of drug-likeness (QED) is 0.818. The van der Waals surface area contributed by atoms with Crippen LogP contribution in [0.15, 0.2) is 48.5 Å². The third-order valence-electron chi connectivity index (χ3n) is 2.42. The topological polar surface area (TPSA) is 46.5 Å². The Hall–Kier alpha value is -2.29. The number of para-hydroxylation sites is 2. The summed E-state index contributed by atoms with van der Waals surface area (Å²) in [6.07, 6.45) is 0.750. The highest BCUT2D eigenvalue weighted by Gasteiger charge is 2.04. The highest BCUT2D eigenvalue weighted by atomic mass is 16.5. The van der Waals surface area contributed by atoms with Gasteiger partial charge in [0.1, 0.15) is 18.1 Å². The average molecular weight is 228 g/mol. The van der Waals surface area contributed by atoms with Crippen molar-refractivity contribution in [1.29, 1.82) is 0 Å². The number of ether oxygens (including phenoxy) is 1. The zero-order valence-corrected chi connectivity index (χ0v) is 9.17. The molecule has 0 spiro atoms. The Bertz CT molecular complexity index is 520. The van der Waals surface area contributed by atoms with Gasteiger partial charge in [0.15, 0.2) is 6.29 Å². The molecule has 0 saturated carbocycles. The van der Waals surface area contributed by atoms with Crippen molar-refractivity contribution < 1.29 is 14.6 Å². The molecule has 2 rings (SSSR count). The third-order valence-corrected chi connectivity index (χ3v) is 2.42. The number of rotatable bonds is 4. The molecule has 0 unspecified atom stereocenters. The Kier molecular flexibility index (Phi) is 3.40. The lowest BCUT2D eigenvalue weighted by atomic mass is 10.2. The van der Waals surface area contributed by atoms with E-state index in [0.29, 0.717) is 16.9 Å². The van der Waals surface area contributed by atoms with Crippen LogP contribution in [-0.2, 0) is 6.61 Å². The van der Waals surface area contributed by atoms with Gasteiger partial charge in [-0.15, -0.1) is 0 Å². The molecule has 0 aliphatic rings. The number of aromatic hydroxyl groups is 1. The van der Waals surface area contributed by atoms with Crippen LogP contribution in [0.3, 0.4) is 0 Å². The van der Waals surface area contributed by atoms with Crippen molar-refractivity contribution in [1.82, 2.24) is 0 Å². The normalized spacial score (nSPS) is 9.88. The maximum Gasteiger partial charge on any atom is 0.153 e. The second-order valence-electron chi connectivity index (χ2n) is 3.57. The molecule has 0 aliphatic heterocycles. The summed E-state index contributed by atoms with van der Waals surface area (Å²) in [7, 11) is 0. The van der Waals surface area contributed by atoms with E-state index in [2.05, 4.69) is 0 Å². The number of phenols is 1. The van der Waals surface area contributed by atoms with Crippen LogP contribution in [0.2, 0.25) is 0 Å². The number of benzene rings is 2. The van der Waals surface area contributed by atoms with Crippen LogP contribution >= 0.6 is 0 Å². The van der Waals surface area contributed by atoms with Crippen LogP contribution in [0.25, 0.3) is 0 Å². The monoisotopic (exact) mass is 228 g/mol. The third kappa shape index (κ3) is 2.64. The molecule has 0 atom stereocenters. The van der Waals surface area contributed by atoms with E-state index in [0.717, 1.165) is 6.29 Å². The molecular weight excluding hydrogens is 216 g/mol. The first-order chi connectivity index (χ1) is 8.31. The van der Waals surface area contributed by atoms with Gasteiger partial charge in [-0.05, 0) is 18.2 Å². The molecule has 0 fully saturated rings. The fraction of sp³-hybridized carbons (Fsp3) is 0.0714. The molecular formula is C14H12O3. The van der Waals surface area contributed by atoms with Crippen molar-refractivity contribution in [3.8, 4) is 11.5 Å². The Morgan fingerprint density at radius 1 is 1.06 bits per heavy atom. The summed E-state index contributed by atoms with van der Waals surface area (Å²) in [5.74, 6) is 0.710. The smallest absolute Gasteiger partial charge is 0.153 e. The highest BCUT2D eigenvalue weighted by molar-refractivity contribution is 5.79. The summed E-state index contributed by atoms with van der Waals surface area (Å²) in [5.41, 5.74) is 1.19. The molecule has 3 nitrogen and oxygen atoms in total. The van der Waals surface area contributed by atoms with E-state index in [1.165, 1.54) is 0 Å². The lowest BCUT2D eigenvalue weighted by Gasteiger charge is -2.09. The number of carbonyl (C=O) groups is 1. The Labute approximate surface area is 99.3 Å². The van der Waals surface area contributed by atoms with E-state index in [9.17, 15) is 9.90 Å². The van der Waals surface area contributed by atoms with E-state index >= 15 is 0 Å². The van der Waals surface area contributed by atoms with Gasteiger partial charge < -0.3 is 9.84 Å². The molecule has 1 N–H and O–H groups in total. The first-order valence-electron chi connectivity index (χ1n) is 5.25. The van der Waals surface area contributed by atoms with Crippen molar-refractivity contribution >= 4 is 6.29 Å². The molecule has 2 aromatic rings. The molecule has 2 aromatic carbocycles. The number of aldehydes is 1. The van der Waals surface area contributed by atoms with Gasteiger partial charge in [0.25, 0.3) is 0 Å². The SMILES string of the molecule is O=Cc1ccccc1OCc1ccccc1O. The first-order valence-corrected chi connectivity index (χ1v) is 5.25. The van der Waals surface area contributed by atoms with Crippen LogP contribution in [0.4, 0.5) is 0 Å². The maximum atomic E-state index is 10.8. The molecule has 0 aliphatic carbocycles. The minimum Gasteiger partial charge on any atom is -0.508 e. The Morgan fingerprint density at radius 3 is 2.53 bits per heavy atom. The molecule has 0 saturated heterocycles. The fourth-order valence-corrected chi connectivity index (χ4v) is 1.50. The summed E-state index contributed by atoms with van der Waals surface area (Å²) in [4.78, 5) is 10.8. The highest BCUT2D eigenvalue weighted by Crippen LogP contribution is 2.21. The standard InChI is InChI=1S/C14H12O3/c15-9-11-5-2-4-8-14(11)17-10-12-6-1-3-7-13(12)16/h1-9,16H,10H2. The average Bonchev–Trinajstić information content (AvgIpc) is 2.38. The van der Waals surface area contributed by atoms with Crippen LogP contribution in [-0.4, -0.2) is 11.4 Å². The number of hydrogen-bond donors (Lipinski definition) is 1. The van der Waals surface area contributed by atoms with Crippen LogP contribution in [0.5, 0.6) is 11.5 Å². The van der Waals surface area contributed by atoms with Crippen molar-refractivity contribution in [3.05, 3.63) is 59.7 Å². The summed E-state index contributed by atoms with van der Waals surface area (Å²) >= 11 is 0. The van der Waals surface area contributed by atoms with Crippen LogP contribution in [0, 0.1) is 0 Å². The Balaban J connectivity index is 2.13. The molecule has 0 aromatic heterocycles. The predicted molar refractivity (Wildman–Crippen MR) is 64.3 cm³/mol. The van der Waals surface area contributed by atoms with Gasteiger partial charge >= 0.3 is 0 Å². The number of phenolic OH excluding ortho intramolecular Hbond substituents is 1. The van der Waals surface area contributed by atoms with Gasteiger partial charge in [0, 0.05) is 5.56 Å².